The number of guanidine groups is 1. The topological polar surface area (TPSA) is 48.9 Å². The van der Waals surface area contributed by atoms with Gasteiger partial charge < -0.3 is 15.4 Å². The molecule has 2 heterocycles. The SMILES string of the molecule is CN=C(NC1CCN(CC(F)(F)F)C1)NC1CC2(CCCC2)Oc2ccccc21.I. The van der Waals surface area contributed by atoms with Gasteiger partial charge in [-0.05, 0) is 38.2 Å². The first-order chi connectivity index (χ1) is 13.9. The van der Waals surface area contributed by atoms with Gasteiger partial charge in [0.25, 0.3) is 0 Å². The molecule has 0 aromatic heterocycles. The molecular formula is C21H30F3IN4O. The van der Waals surface area contributed by atoms with E-state index in [0.717, 1.165) is 30.6 Å². The number of nitrogens with zero attached hydrogens (tertiary/aromatic N) is 2. The zero-order chi connectivity index (χ0) is 20.5. The Hall–Kier alpha value is -1.23. The van der Waals surface area contributed by atoms with E-state index in [4.69, 9.17) is 4.74 Å². The Kier molecular flexibility index (Phi) is 7.42. The van der Waals surface area contributed by atoms with E-state index >= 15 is 0 Å². The molecule has 2 aliphatic heterocycles. The number of likely N-dealkylation sites (tertiary alicyclic amines) is 1. The lowest BCUT2D eigenvalue weighted by atomic mass is 9.86. The van der Waals surface area contributed by atoms with Crippen LogP contribution in [-0.4, -0.2) is 55.4 Å². The molecule has 168 valence electrons. The van der Waals surface area contributed by atoms with E-state index in [-0.39, 0.29) is 41.7 Å². The maximum Gasteiger partial charge on any atom is 0.401 e. The van der Waals surface area contributed by atoms with Crippen LogP contribution in [0.4, 0.5) is 13.2 Å². The predicted octanol–water partition coefficient (Wildman–Crippen LogP) is 4.24. The number of aliphatic imine (C=N–C) groups is 1. The van der Waals surface area contributed by atoms with Gasteiger partial charge in [0.05, 0.1) is 12.6 Å². The Labute approximate surface area is 192 Å². The smallest absolute Gasteiger partial charge is 0.401 e. The lowest BCUT2D eigenvalue weighted by molar-refractivity contribution is -0.143. The molecule has 0 amide bonds. The average Bonchev–Trinajstić information content (AvgIpc) is 3.29. The van der Waals surface area contributed by atoms with E-state index < -0.39 is 12.7 Å². The maximum atomic E-state index is 12.6. The Balaban J connectivity index is 0.00000256. The molecule has 9 heteroatoms. The zero-order valence-electron chi connectivity index (χ0n) is 17.2. The van der Waals surface area contributed by atoms with Crippen LogP contribution >= 0.6 is 24.0 Å². The van der Waals surface area contributed by atoms with Gasteiger partial charge in [0.1, 0.15) is 11.4 Å². The van der Waals surface area contributed by atoms with Crippen LogP contribution in [0, 0.1) is 0 Å². The number of fused-ring (bicyclic) bond motifs is 1. The lowest BCUT2D eigenvalue weighted by Gasteiger charge is -2.40. The van der Waals surface area contributed by atoms with Crippen LogP contribution in [0.25, 0.3) is 0 Å². The van der Waals surface area contributed by atoms with Crippen LogP contribution in [0.3, 0.4) is 0 Å². The second kappa shape index (κ2) is 9.50. The quantitative estimate of drug-likeness (QED) is 0.344. The number of rotatable bonds is 3. The van der Waals surface area contributed by atoms with E-state index in [1.807, 2.05) is 18.2 Å². The van der Waals surface area contributed by atoms with Gasteiger partial charge in [0.15, 0.2) is 5.96 Å². The van der Waals surface area contributed by atoms with E-state index in [9.17, 15) is 13.2 Å². The highest BCUT2D eigenvalue weighted by Gasteiger charge is 2.43. The van der Waals surface area contributed by atoms with Crippen molar-refractivity contribution in [3.63, 3.8) is 0 Å². The summed E-state index contributed by atoms with van der Waals surface area (Å²) in [6, 6.07) is 8.11. The third kappa shape index (κ3) is 5.52. The van der Waals surface area contributed by atoms with Gasteiger partial charge in [0, 0.05) is 38.2 Å². The molecule has 2 atom stereocenters. The summed E-state index contributed by atoms with van der Waals surface area (Å²) >= 11 is 0. The summed E-state index contributed by atoms with van der Waals surface area (Å²) in [6.45, 7) is -0.0427. The van der Waals surface area contributed by atoms with E-state index in [0.29, 0.717) is 25.5 Å². The van der Waals surface area contributed by atoms with Crippen molar-refractivity contribution in [2.75, 3.05) is 26.7 Å². The van der Waals surface area contributed by atoms with Gasteiger partial charge in [-0.1, -0.05) is 18.2 Å². The normalized spacial score (nSPS) is 26.1. The Morgan fingerprint density at radius 1 is 1.23 bits per heavy atom. The lowest BCUT2D eigenvalue weighted by Crippen LogP contribution is -2.49. The summed E-state index contributed by atoms with van der Waals surface area (Å²) in [4.78, 5) is 5.79. The molecule has 5 nitrogen and oxygen atoms in total. The number of halogens is 4. The first-order valence-electron chi connectivity index (χ1n) is 10.4. The van der Waals surface area contributed by atoms with Crippen LogP contribution in [0.5, 0.6) is 5.75 Å². The minimum Gasteiger partial charge on any atom is -0.487 e. The van der Waals surface area contributed by atoms with Gasteiger partial charge in [0.2, 0.25) is 0 Å². The number of hydrogen-bond donors (Lipinski definition) is 2. The molecule has 0 radical (unpaired) electrons. The van der Waals surface area contributed by atoms with E-state index in [1.165, 1.54) is 17.7 Å². The summed E-state index contributed by atoms with van der Waals surface area (Å²) in [5, 5.41) is 6.85. The largest absolute Gasteiger partial charge is 0.487 e. The fourth-order valence-corrected chi connectivity index (χ4v) is 4.95. The molecule has 2 N–H and O–H groups in total. The third-order valence-corrected chi connectivity index (χ3v) is 6.26. The number of benzene rings is 1. The van der Waals surface area contributed by atoms with Crippen molar-refractivity contribution in [2.45, 2.75) is 62.4 Å². The number of nitrogens with one attached hydrogen (secondary N) is 2. The number of alkyl halides is 3. The first kappa shape index (κ1) is 23.4. The minimum atomic E-state index is -4.16. The predicted molar refractivity (Wildman–Crippen MR) is 122 cm³/mol. The van der Waals surface area contributed by atoms with Crippen molar-refractivity contribution >= 4 is 29.9 Å². The molecule has 4 rings (SSSR count). The minimum absolute atomic E-state index is 0. The van der Waals surface area contributed by atoms with Crippen molar-refractivity contribution in [2.24, 2.45) is 4.99 Å². The van der Waals surface area contributed by atoms with E-state index in [2.05, 4.69) is 21.7 Å². The molecule has 1 saturated carbocycles. The van der Waals surface area contributed by atoms with Gasteiger partial charge in [-0.3, -0.25) is 9.89 Å². The molecule has 1 spiro atoms. The fourth-order valence-electron chi connectivity index (χ4n) is 4.95. The Morgan fingerprint density at radius 3 is 2.67 bits per heavy atom. The van der Waals surface area contributed by atoms with Gasteiger partial charge in [-0.15, -0.1) is 24.0 Å². The van der Waals surface area contributed by atoms with Crippen molar-refractivity contribution < 1.29 is 17.9 Å². The maximum absolute atomic E-state index is 12.6. The Morgan fingerprint density at radius 2 is 1.97 bits per heavy atom. The highest BCUT2D eigenvalue weighted by molar-refractivity contribution is 14.0. The average molecular weight is 538 g/mol. The standard InChI is InChI=1S/C21H29F3N4O.HI/c1-25-19(26-15-8-11-28(13-15)14-21(22,23)24)27-17-12-20(9-4-5-10-20)29-18-7-3-2-6-16(17)18;/h2-3,6-7,15,17H,4-5,8-14H2,1H3,(H2,25,26,27);1H. The molecule has 1 aromatic carbocycles. The molecule has 1 aliphatic carbocycles. The monoisotopic (exact) mass is 538 g/mol. The summed E-state index contributed by atoms with van der Waals surface area (Å²) in [7, 11) is 1.70. The Bertz CT molecular complexity index is 752. The second-order valence-corrected chi connectivity index (χ2v) is 8.48. The van der Waals surface area contributed by atoms with Gasteiger partial charge in [-0.2, -0.15) is 13.2 Å². The fraction of sp³-hybridized carbons (Fsp3) is 0.667. The van der Waals surface area contributed by atoms with Crippen LogP contribution in [0.2, 0.25) is 0 Å². The molecule has 3 aliphatic rings. The second-order valence-electron chi connectivity index (χ2n) is 8.48. The van der Waals surface area contributed by atoms with Crippen molar-refractivity contribution in [1.82, 2.24) is 15.5 Å². The molecule has 2 unspecified atom stereocenters. The van der Waals surface area contributed by atoms with E-state index in [1.54, 1.807) is 7.05 Å². The molecule has 30 heavy (non-hydrogen) atoms. The molecular weight excluding hydrogens is 508 g/mol. The highest BCUT2D eigenvalue weighted by atomic mass is 127. The zero-order valence-corrected chi connectivity index (χ0v) is 19.5. The van der Waals surface area contributed by atoms with Gasteiger partial charge in [-0.25, -0.2) is 0 Å². The van der Waals surface area contributed by atoms with Crippen LogP contribution in [-0.2, 0) is 0 Å². The number of para-hydroxylation sites is 1. The molecule has 1 aromatic rings. The van der Waals surface area contributed by atoms with Crippen LogP contribution < -0.4 is 15.4 Å². The molecule has 1 saturated heterocycles. The number of ether oxygens (including phenoxy) is 1. The first-order valence-corrected chi connectivity index (χ1v) is 10.4. The van der Waals surface area contributed by atoms with Crippen molar-refractivity contribution in [1.29, 1.82) is 0 Å². The van der Waals surface area contributed by atoms with Crippen LogP contribution in [0.1, 0.15) is 50.1 Å². The summed E-state index contributed by atoms with van der Waals surface area (Å²) < 4.78 is 44.4. The van der Waals surface area contributed by atoms with Crippen molar-refractivity contribution in [3.8, 4) is 5.75 Å². The van der Waals surface area contributed by atoms with Crippen molar-refractivity contribution in [3.05, 3.63) is 29.8 Å². The molecule has 0 bridgehead atoms. The molecule has 2 fully saturated rings. The number of hydrogen-bond acceptors (Lipinski definition) is 3. The summed E-state index contributed by atoms with van der Waals surface area (Å²) in [5.74, 6) is 1.56. The summed E-state index contributed by atoms with van der Waals surface area (Å²) in [6.07, 6.45) is 1.86. The van der Waals surface area contributed by atoms with Gasteiger partial charge >= 0.3 is 6.18 Å². The third-order valence-electron chi connectivity index (χ3n) is 6.26. The highest BCUT2D eigenvalue weighted by Crippen LogP contribution is 2.46. The summed E-state index contributed by atoms with van der Waals surface area (Å²) in [5.41, 5.74) is 0.986. The van der Waals surface area contributed by atoms with Crippen LogP contribution in [0.15, 0.2) is 29.3 Å².